The molecule has 0 N–H and O–H groups in total. The standard InChI is InChI=1S/C25H27BrN2O3S2/c1-3-14-27(33(30,31)20-10-8-19(26)9-11-20)17-24(29)28-15-12-23-22(13-16-32-23)25(28)21-7-5-4-6-18(21)2/h4-11,13,16,25H,3,12,14-15,17H2,1-2H3. The van der Waals surface area contributed by atoms with Crippen molar-refractivity contribution < 1.29 is 13.2 Å². The predicted molar refractivity (Wildman–Crippen MR) is 136 cm³/mol. The summed E-state index contributed by atoms with van der Waals surface area (Å²) in [5.74, 6) is -0.172. The molecule has 0 fully saturated rings. The van der Waals surface area contributed by atoms with Gasteiger partial charge in [0.05, 0.1) is 17.5 Å². The molecule has 0 bridgehead atoms. The van der Waals surface area contributed by atoms with Gasteiger partial charge in [0.2, 0.25) is 15.9 Å². The fourth-order valence-corrected chi connectivity index (χ4v) is 6.99. The summed E-state index contributed by atoms with van der Waals surface area (Å²) >= 11 is 5.07. The lowest BCUT2D eigenvalue weighted by Gasteiger charge is -2.38. The monoisotopic (exact) mass is 546 g/mol. The van der Waals surface area contributed by atoms with Gasteiger partial charge >= 0.3 is 0 Å². The van der Waals surface area contributed by atoms with Crippen molar-refractivity contribution >= 4 is 43.2 Å². The molecule has 1 aromatic heterocycles. The van der Waals surface area contributed by atoms with Crippen LogP contribution in [0.15, 0.2) is 69.3 Å². The van der Waals surface area contributed by atoms with Gasteiger partial charge in [0.1, 0.15) is 0 Å². The first-order chi connectivity index (χ1) is 15.8. The molecule has 0 radical (unpaired) electrons. The molecule has 0 spiro atoms. The van der Waals surface area contributed by atoms with Crippen molar-refractivity contribution in [3.8, 4) is 0 Å². The van der Waals surface area contributed by atoms with Crippen LogP contribution in [0.3, 0.4) is 0 Å². The van der Waals surface area contributed by atoms with Gasteiger partial charge in [0.25, 0.3) is 0 Å². The number of carbonyl (C=O) groups is 1. The summed E-state index contributed by atoms with van der Waals surface area (Å²) in [5.41, 5.74) is 3.35. The Labute approximate surface area is 208 Å². The van der Waals surface area contributed by atoms with E-state index in [0.717, 1.165) is 27.6 Å². The molecular formula is C25H27BrN2O3S2. The second-order valence-electron chi connectivity index (χ2n) is 8.19. The summed E-state index contributed by atoms with van der Waals surface area (Å²) in [6.07, 6.45) is 1.41. The van der Waals surface area contributed by atoms with Crippen molar-refractivity contribution in [2.24, 2.45) is 0 Å². The Bertz CT molecular complexity index is 1240. The van der Waals surface area contributed by atoms with E-state index in [0.29, 0.717) is 13.0 Å². The molecule has 33 heavy (non-hydrogen) atoms. The van der Waals surface area contributed by atoms with E-state index in [-0.39, 0.29) is 29.9 Å². The number of benzene rings is 2. The van der Waals surface area contributed by atoms with Gasteiger partial charge < -0.3 is 4.90 Å². The number of carbonyl (C=O) groups excluding carboxylic acids is 1. The van der Waals surface area contributed by atoms with Crippen molar-refractivity contribution in [3.05, 3.63) is 86.0 Å². The van der Waals surface area contributed by atoms with Crippen molar-refractivity contribution in [2.75, 3.05) is 19.6 Å². The summed E-state index contributed by atoms with van der Waals surface area (Å²) in [7, 11) is -3.79. The van der Waals surface area contributed by atoms with Crippen molar-refractivity contribution in [1.29, 1.82) is 0 Å². The summed E-state index contributed by atoms with van der Waals surface area (Å²) in [6, 6.07) is 16.6. The van der Waals surface area contributed by atoms with Crippen LogP contribution in [0.25, 0.3) is 0 Å². The van der Waals surface area contributed by atoms with Gasteiger partial charge in [-0.05, 0) is 72.2 Å². The van der Waals surface area contributed by atoms with E-state index >= 15 is 0 Å². The van der Waals surface area contributed by atoms with Crippen LogP contribution < -0.4 is 0 Å². The molecule has 1 atom stereocenters. The van der Waals surface area contributed by atoms with Gasteiger partial charge in [0, 0.05) is 22.4 Å². The molecule has 2 aromatic carbocycles. The minimum Gasteiger partial charge on any atom is -0.330 e. The van der Waals surface area contributed by atoms with Crippen molar-refractivity contribution in [2.45, 2.75) is 37.6 Å². The Morgan fingerprint density at radius 1 is 1.12 bits per heavy atom. The minimum atomic E-state index is -3.79. The third-order valence-corrected chi connectivity index (χ3v) is 9.39. The molecule has 0 saturated carbocycles. The first kappa shape index (κ1) is 24.1. The number of thiophene rings is 1. The smallest absolute Gasteiger partial charge is 0.243 e. The topological polar surface area (TPSA) is 57.7 Å². The normalized spacial score (nSPS) is 16.1. The lowest BCUT2D eigenvalue weighted by Crippen LogP contribution is -2.47. The van der Waals surface area contributed by atoms with E-state index in [1.807, 2.05) is 24.0 Å². The highest BCUT2D eigenvalue weighted by molar-refractivity contribution is 9.10. The van der Waals surface area contributed by atoms with Crippen LogP contribution >= 0.6 is 27.3 Å². The zero-order valence-electron chi connectivity index (χ0n) is 18.7. The molecular weight excluding hydrogens is 520 g/mol. The maximum absolute atomic E-state index is 13.7. The molecule has 2 heterocycles. The molecule has 0 saturated heterocycles. The molecule has 3 aromatic rings. The number of rotatable bonds is 7. The molecule has 174 valence electrons. The van der Waals surface area contributed by atoms with Crippen LogP contribution in [-0.4, -0.2) is 43.2 Å². The number of hydrogen-bond donors (Lipinski definition) is 0. The molecule has 1 unspecified atom stereocenters. The molecule has 4 rings (SSSR count). The number of aryl methyl sites for hydroxylation is 1. The molecule has 1 aliphatic heterocycles. The maximum atomic E-state index is 13.7. The second kappa shape index (κ2) is 10.1. The average Bonchev–Trinajstić information content (AvgIpc) is 3.28. The zero-order valence-corrected chi connectivity index (χ0v) is 21.9. The number of nitrogens with zero attached hydrogens (tertiary/aromatic N) is 2. The van der Waals surface area contributed by atoms with Crippen molar-refractivity contribution in [3.63, 3.8) is 0 Å². The van der Waals surface area contributed by atoms with Crippen LogP contribution in [0.1, 0.15) is 41.0 Å². The summed E-state index contributed by atoms with van der Waals surface area (Å²) in [4.78, 5) is 17.0. The van der Waals surface area contributed by atoms with Gasteiger partial charge in [-0.1, -0.05) is 47.1 Å². The lowest BCUT2D eigenvalue weighted by molar-refractivity contribution is -0.133. The second-order valence-corrected chi connectivity index (χ2v) is 12.0. The maximum Gasteiger partial charge on any atom is 0.243 e. The Morgan fingerprint density at radius 3 is 2.55 bits per heavy atom. The first-order valence-corrected chi connectivity index (χ1v) is 14.1. The number of fused-ring (bicyclic) bond motifs is 1. The fraction of sp³-hybridized carbons (Fsp3) is 0.320. The summed E-state index contributed by atoms with van der Waals surface area (Å²) < 4.78 is 28.8. The third kappa shape index (κ3) is 4.94. The molecule has 1 aliphatic rings. The quantitative estimate of drug-likeness (QED) is 0.399. The SMILES string of the molecule is CCCN(CC(=O)N1CCc2sccc2C1c1ccccc1C)S(=O)(=O)c1ccc(Br)cc1. The fourth-order valence-electron chi connectivity index (χ4n) is 4.34. The zero-order chi connectivity index (χ0) is 23.6. The number of halogens is 1. The highest BCUT2D eigenvalue weighted by Gasteiger charge is 2.35. The molecule has 8 heteroatoms. The van der Waals surface area contributed by atoms with Crippen LogP contribution in [0, 0.1) is 6.92 Å². The van der Waals surface area contributed by atoms with E-state index in [9.17, 15) is 13.2 Å². The minimum absolute atomic E-state index is 0.172. The Balaban J connectivity index is 1.66. The van der Waals surface area contributed by atoms with Crippen LogP contribution in [0.5, 0.6) is 0 Å². The van der Waals surface area contributed by atoms with Gasteiger partial charge in [0.15, 0.2) is 0 Å². The number of sulfonamides is 1. The Hall–Kier alpha value is -2.00. The predicted octanol–water partition coefficient (Wildman–Crippen LogP) is 5.39. The van der Waals surface area contributed by atoms with Crippen LogP contribution in [-0.2, 0) is 21.2 Å². The highest BCUT2D eigenvalue weighted by atomic mass is 79.9. The lowest BCUT2D eigenvalue weighted by atomic mass is 9.90. The largest absolute Gasteiger partial charge is 0.330 e. The van der Waals surface area contributed by atoms with Crippen LogP contribution in [0.2, 0.25) is 0 Å². The molecule has 5 nitrogen and oxygen atoms in total. The Kier molecular flexibility index (Phi) is 7.38. The van der Waals surface area contributed by atoms with Gasteiger partial charge in [-0.2, -0.15) is 4.31 Å². The van der Waals surface area contributed by atoms with Crippen molar-refractivity contribution in [1.82, 2.24) is 9.21 Å². The van der Waals surface area contributed by atoms with E-state index in [4.69, 9.17) is 0 Å². The summed E-state index contributed by atoms with van der Waals surface area (Å²) in [6.45, 7) is 4.66. The molecule has 1 amide bonds. The number of amides is 1. The van der Waals surface area contributed by atoms with E-state index in [1.165, 1.54) is 9.18 Å². The third-order valence-electron chi connectivity index (χ3n) is 6.01. The number of hydrogen-bond acceptors (Lipinski definition) is 4. The average molecular weight is 548 g/mol. The molecule has 0 aliphatic carbocycles. The summed E-state index contributed by atoms with van der Waals surface area (Å²) in [5, 5.41) is 2.07. The van der Waals surface area contributed by atoms with Gasteiger partial charge in [-0.25, -0.2) is 8.42 Å². The Morgan fingerprint density at radius 2 is 1.85 bits per heavy atom. The van der Waals surface area contributed by atoms with Gasteiger partial charge in [-0.15, -0.1) is 11.3 Å². The van der Waals surface area contributed by atoms with E-state index in [1.54, 1.807) is 35.6 Å². The first-order valence-electron chi connectivity index (χ1n) is 11.0. The van der Waals surface area contributed by atoms with E-state index < -0.39 is 10.0 Å². The van der Waals surface area contributed by atoms with Crippen LogP contribution in [0.4, 0.5) is 0 Å². The van der Waals surface area contributed by atoms with Gasteiger partial charge in [-0.3, -0.25) is 4.79 Å². The highest BCUT2D eigenvalue weighted by Crippen LogP contribution is 2.39. The van der Waals surface area contributed by atoms with E-state index in [2.05, 4.69) is 46.4 Å².